The second kappa shape index (κ2) is 7.30. The largest absolute Gasteiger partial charge is 0.323 e. The summed E-state index contributed by atoms with van der Waals surface area (Å²) in [5.74, 6) is 0.829. The number of likely N-dealkylation sites (tertiary alicyclic amines) is 1. The SMILES string of the molecule is O=C(Nc1ccnn1C1CCCCC1)N1CCC[C@@H]1c1ccccc1. The molecular weight excluding hydrogens is 312 g/mol. The van der Waals surface area contributed by atoms with Crippen LogP contribution >= 0.6 is 0 Å². The lowest BCUT2D eigenvalue weighted by Crippen LogP contribution is -2.35. The van der Waals surface area contributed by atoms with Crippen LogP contribution in [0.5, 0.6) is 0 Å². The number of nitrogens with one attached hydrogen (secondary N) is 1. The summed E-state index contributed by atoms with van der Waals surface area (Å²) >= 11 is 0. The summed E-state index contributed by atoms with van der Waals surface area (Å²) in [7, 11) is 0. The van der Waals surface area contributed by atoms with Crippen LogP contribution in [0, 0.1) is 0 Å². The normalized spacial score (nSPS) is 21.4. The molecule has 2 aromatic rings. The van der Waals surface area contributed by atoms with Gasteiger partial charge in [-0.3, -0.25) is 5.32 Å². The van der Waals surface area contributed by atoms with Gasteiger partial charge in [-0.25, -0.2) is 9.48 Å². The van der Waals surface area contributed by atoms with Crippen molar-refractivity contribution in [1.29, 1.82) is 0 Å². The molecule has 132 valence electrons. The lowest BCUT2D eigenvalue weighted by atomic mass is 9.96. The minimum atomic E-state index is -0.0103. The molecule has 0 bridgehead atoms. The van der Waals surface area contributed by atoms with E-state index < -0.39 is 0 Å². The Morgan fingerprint density at radius 3 is 2.60 bits per heavy atom. The smallest absolute Gasteiger partial charge is 0.317 e. The van der Waals surface area contributed by atoms with Gasteiger partial charge in [-0.1, -0.05) is 49.6 Å². The summed E-state index contributed by atoms with van der Waals surface area (Å²) in [4.78, 5) is 14.9. The summed E-state index contributed by atoms with van der Waals surface area (Å²) in [6, 6.07) is 12.8. The first-order chi connectivity index (χ1) is 12.3. The fourth-order valence-electron chi connectivity index (χ4n) is 4.24. The summed E-state index contributed by atoms with van der Waals surface area (Å²) < 4.78 is 2.02. The van der Waals surface area contributed by atoms with Crippen molar-refractivity contribution in [3.63, 3.8) is 0 Å². The molecule has 1 aromatic heterocycles. The average molecular weight is 338 g/mol. The van der Waals surface area contributed by atoms with Gasteiger partial charge < -0.3 is 4.90 Å². The summed E-state index contributed by atoms with van der Waals surface area (Å²) in [6.45, 7) is 0.808. The van der Waals surface area contributed by atoms with E-state index in [1.54, 1.807) is 6.20 Å². The molecule has 5 heteroatoms. The fraction of sp³-hybridized carbons (Fsp3) is 0.500. The van der Waals surface area contributed by atoms with Crippen LogP contribution < -0.4 is 5.32 Å². The second-order valence-corrected chi connectivity index (χ2v) is 7.15. The van der Waals surface area contributed by atoms with E-state index in [1.807, 2.05) is 33.8 Å². The Bertz CT molecular complexity index is 705. The number of anilines is 1. The highest BCUT2D eigenvalue weighted by molar-refractivity contribution is 5.89. The fourth-order valence-corrected chi connectivity index (χ4v) is 4.24. The van der Waals surface area contributed by atoms with Crippen molar-refractivity contribution in [1.82, 2.24) is 14.7 Å². The Morgan fingerprint density at radius 2 is 1.80 bits per heavy atom. The molecule has 2 fully saturated rings. The lowest BCUT2D eigenvalue weighted by molar-refractivity contribution is 0.206. The Labute approximate surface area is 149 Å². The Balaban J connectivity index is 1.48. The highest BCUT2D eigenvalue weighted by atomic mass is 16.2. The number of urea groups is 1. The van der Waals surface area contributed by atoms with Crippen LogP contribution in [-0.4, -0.2) is 27.3 Å². The highest BCUT2D eigenvalue weighted by Crippen LogP contribution is 2.33. The molecule has 2 amide bonds. The van der Waals surface area contributed by atoms with Gasteiger partial charge in [0, 0.05) is 12.6 Å². The van der Waals surface area contributed by atoms with Gasteiger partial charge in [0.25, 0.3) is 0 Å². The average Bonchev–Trinajstić information content (AvgIpc) is 3.32. The third-order valence-electron chi connectivity index (χ3n) is 5.52. The molecule has 1 atom stereocenters. The molecule has 2 heterocycles. The molecule has 1 aliphatic heterocycles. The van der Waals surface area contributed by atoms with Crippen LogP contribution in [0.2, 0.25) is 0 Å². The number of hydrogen-bond donors (Lipinski definition) is 1. The minimum absolute atomic E-state index is 0.0103. The molecule has 4 rings (SSSR count). The summed E-state index contributed by atoms with van der Waals surface area (Å²) in [5.41, 5.74) is 1.22. The van der Waals surface area contributed by atoms with Gasteiger partial charge in [0.15, 0.2) is 0 Å². The first-order valence-corrected chi connectivity index (χ1v) is 9.49. The predicted octanol–water partition coefficient (Wildman–Crippen LogP) is 4.76. The van der Waals surface area contributed by atoms with Gasteiger partial charge >= 0.3 is 6.03 Å². The van der Waals surface area contributed by atoms with E-state index in [0.29, 0.717) is 6.04 Å². The maximum atomic E-state index is 12.9. The molecule has 1 aliphatic carbocycles. The van der Waals surface area contributed by atoms with E-state index in [-0.39, 0.29) is 12.1 Å². The van der Waals surface area contributed by atoms with Crippen molar-refractivity contribution in [3.8, 4) is 0 Å². The maximum absolute atomic E-state index is 12.9. The number of carbonyl (C=O) groups excluding carboxylic acids is 1. The zero-order chi connectivity index (χ0) is 17.1. The molecule has 5 nitrogen and oxygen atoms in total. The van der Waals surface area contributed by atoms with Gasteiger partial charge in [0.1, 0.15) is 5.82 Å². The van der Waals surface area contributed by atoms with Crippen molar-refractivity contribution >= 4 is 11.8 Å². The van der Waals surface area contributed by atoms with Crippen molar-refractivity contribution in [2.24, 2.45) is 0 Å². The zero-order valence-electron chi connectivity index (χ0n) is 14.6. The van der Waals surface area contributed by atoms with E-state index in [2.05, 4.69) is 22.5 Å². The van der Waals surface area contributed by atoms with E-state index in [9.17, 15) is 4.79 Å². The first kappa shape index (κ1) is 16.2. The molecule has 1 aromatic carbocycles. The van der Waals surface area contributed by atoms with Crippen LogP contribution in [0.3, 0.4) is 0 Å². The number of nitrogens with zero attached hydrogens (tertiary/aromatic N) is 3. The molecule has 0 unspecified atom stereocenters. The Morgan fingerprint density at radius 1 is 1.00 bits per heavy atom. The third kappa shape index (κ3) is 3.41. The van der Waals surface area contributed by atoms with Gasteiger partial charge in [0.05, 0.1) is 18.3 Å². The van der Waals surface area contributed by atoms with Crippen molar-refractivity contribution < 1.29 is 4.79 Å². The number of rotatable bonds is 3. The molecule has 25 heavy (non-hydrogen) atoms. The molecule has 2 aliphatic rings. The van der Waals surface area contributed by atoms with Crippen molar-refractivity contribution in [2.45, 2.75) is 57.0 Å². The second-order valence-electron chi connectivity index (χ2n) is 7.15. The third-order valence-corrected chi connectivity index (χ3v) is 5.52. The standard InChI is InChI=1S/C20H26N4O/c25-20(23-15-7-12-18(23)16-8-3-1-4-9-16)22-19-13-14-21-24(19)17-10-5-2-6-11-17/h1,3-4,8-9,13-14,17-18H,2,5-7,10-12,15H2,(H,22,25)/t18-/m1/s1. The number of amides is 2. The van der Waals surface area contributed by atoms with Crippen LogP contribution in [0.4, 0.5) is 10.6 Å². The number of aromatic nitrogens is 2. The monoisotopic (exact) mass is 338 g/mol. The highest BCUT2D eigenvalue weighted by Gasteiger charge is 2.30. The van der Waals surface area contributed by atoms with Crippen LogP contribution in [0.1, 0.15) is 62.6 Å². The number of hydrogen-bond acceptors (Lipinski definition) is 2. The summed E-state index contributed by atoms with van der Waals surface area (Å²) in [6.07, 6.45) is 9.99. The predicted molar refractivity (Wildman–Crippen MR) is 98.5 cm³/mol. The van der Waals surface area contributed by atoms with Crippen molar-refractivity contribution in [3.05, 3.63) is 48.2 Å². The van der Waals surface area contributed by atoms with Crippen molar-refractivity contribution in [2.75, 3.05) is 11.9 Å². The van der Waals surface area contributed by atoms with E-state index in [1.165, 1.54) is 24.8 Å². The quantitative estimate of drug-likeness (QED) is 0.877. The van der Waals surface area contributed by atoms with Gasteiger partial charge in [0.2, 0.25) is 0 Å². The van der Waals surface area contributed by atoms with E-state index in [0.717, 1.165) is 38.0 Å². The number of carbonyl (C=O) groups is 1. The Kier molecular flexibility index (Phi) is 4.72. The van der Waals surface area contributed by atoms with Gasteiger partial charge in [-0.05, 0) is 31.2 Å². The van der Waals surface area contributed by atoms with Gasteiger partial charge in [-0.15, -0.1) is 0 Å². The summed E-state index contributed by atoms with van der Waals surface area (Å²) in [5, 5.41) is 7.60. The molecule has 0 radical (unpaired) electrons. The molecule has 1 N–H and O–H groups in total. The van der Waals surface area contributed by atoms with Crippen LogP contribution in [-0.2, 0) is 0 Å². The van der Waals surface area contributed by atoms with Crippen LogP contribution in [0.25, 0.3) is 0 Å². The molecule has 1 saturated carbocycles. The Hall–Kier alpha value is -2.30. The lowest BCUT2D eigenvalue weighted by Gasteiger charge is -2.27. The van der Waals surface area contributed by atoms with Gasteiger partial charge in [-0.2, -0.15) is 5.10 Å². The van der Waals surface area contributed by atoms with E-state index in [4.69, 9.17) is 0 Å². The first-order valence-electron chi connectivity index (χ1n) is 9.49. The zero-order valence-corrected chi connectivity index (χ0v) is 14.6. The maximum Gasteiger partial charge on any atom is 0.323 e. The minimum Gasteiger partial charge on any atom is -0.317 e. The molecule has 0 spiro atoms. The van der Waals surface area contributed by atoms with E-state index >= 15 is 0 Å². The molecule has 1 saturated heterocycles. The van der Waals surface area contributed by atoms with Crippen LogP contribution in [0.15, 0.2) is 42.6 Å². The topological polar surface area (TPSA) is 50.2 Å². The molecular formula is C20H26N4O. The number of benzene rings is 1.